The van der Waals surface area contributed by atoms with Crippen LogP contribution in [-0.2, 0) is 14.3 Å². The second kappa shape index (κ2) is 7.50. The molecule has 0 spiro atoms. The summed E-state index contributed by atoms with van der Waals surface area (Å²) in [6.07, 6.45) is -1.32. The molecule has 9 nitrogen and oxygen atoms in total. The summed E-state index contributed by atoms with van der Waals surface area (Å²) in [7, 11) is 0. The first-order valence-electron chi connectivity index (χ1n) is 9.74. The summed E-state index contributed by atoms with van der Waals surface area (Å²) >= 11 is 0. The topological polar surface area (TPSA) is 118 Å². The van der Waals surface area contributed by atoms with Gasteiger partial charge < -0.3 is 20.5 Å². The normalized spacial score (nSPS) is 45.3. The lowest BCUT2D eigenvalue weighted by molar-refractivity contribution is -0.143. The van der Waals surface area contributed by atoms with Crippen molar-refractivity contribution in [3.8, 4) is 0 Å². The van der Waals surface area contributed by atoms with Crippen molar-refractivity contribution in [2.24, 2.45) is 11.7 Å². The minimum atomic E-state index is -1.44. The average Bonchev–Trinajstić information content (AvgIpc) is 2.95. The standard InChI is InChI=1S/C17H28FN5O4/c1-8-3-2-6-26-16-9(13(19)24)7-10(18)15(22-16)23-12-11(27-8)4-5-20-14(12)21-17(23)25/h8-12,14-16,20,22H,2-7H2,1H3,(H2,19,24)(H,21,25)/t8-,9?,10?,11?,12?,14?,15?,16?/m1/s1. The lowest BCUT2D eigenvalue weighted by atomic mass is 9.91. The van der Waals surface area contributed by atoms with Gasteiger partial charge in [-0.05, 0) is 39.2 Å². The lowest BCUT2D eigenvalue weighted by Gasteiger charge is -2.46. The Hall–Kier alpha value is -1.49. The molecule has 4 saturated heterocycles. The van der Waals surface area contributed by atoms with Crippen molar-refractivity contribution in [2.45, 2.75) is 75.6 Å². The number of alkyl halides is 1. The molecule has 0 aliphatic carbocycles. The van der Waals surface area contributed by atoms with Crippen LogP contribution in [0.15, 0.2) is 0 Å². The highest BCUT2D eigenvalue weighted by atomic mass is 19.1. The van der Waals surface area contributed by atoms with Crippen molar-refractivity contribution in [3.05, 3.63) is 0 Å². The molecule has 3 amide bonds. The molecule has 0 aromatic heterocycles. The lowest BCUT2D eigenvalue weighted by Crippen LogP contribution is -2.68. The molecule has 0 radical (unpaired) electrons. The third-order valence-electron chi connectivity index (χ3n) is 6.00. The van der Waals surface area contributed by atoms with E-state index in [1.165, 1.54) is 4.90 Å². The number of carbonyl (C=O) groups excluding carboxylic acids is 2. The van der Waals surface area contributed by atoms with Crippen LogP contribution < -0.4 is 21.7 Å². The number of carbonyl (C=O) groups is 2. The molecule has 152 valence electrons. The van der Waals surface area contributed by atoms with Crippen LogP contribution in [0.5, 0.6) is 0 Å². The third kappa shape index (κ3) is 3.51. The first-order valence-corrected chi connectivity index (χ1v) is 9.74. The first kappa shape index (κ1) is 18.9. The predicted molar refractivity (Wildman–Crippen MR) is 93.0 cm³/mol. The van der Waals surface area contributed by atoms with Gasteiger partial charge >= 0.3 is 6.03 Å². The first-order chi connectivity index (χ1) is 13.0. The molecule has 5 N–H and O–H groups in total. The number of nitrogens with one attached hydrogen (secondary N) is 3. The number of piperidine rings is 2. The van der Waals surface area contributed by atoms with Gasteiger partial charge in [-0.3, -0.25) is 20.3 Å². The molecular formula is C17H28FN5O4. The Morgan fingerprint density at radius 3 is 2.96 bits per heavy atom. The maximum absolute atomic E-state index is 15.1. The van der Waals surface area contributed by atoms with Crippen molar-refractivity contribution < 1.29 is 23.5 Å². The molecule has 27 heavy (non-hydrogen) atoms. The van der Waals surface area contributed by atoms with E-state index in [0.29, 0.717) is 6.61 Å². The highest BCUT2D eigenvalue weighted by Gasteiger charge is 2.54. The van der Waals surface area contributed by atoms with E-state index in [1.807, 2.05) is 6.92 Å². The van der Waals surface area contributed by atoms with Crippen LogP contribution >= 0.6 is 0 Å². The molecule has 4 aliphatic heterocycles. The molecule has 4 aliphatic rings. The minimum Gasteiger partial charge on any atom is -0.373 e. The number of hydrogen-bond acceptors (Lipinski definition) is 6. The summed E-state index contributed by atoms with van der Waals surface area (Å²) in [4.78, 5) is 26.0. The Kier molecular flexibility index (Phi) is 5.23. The van der Waals surface area contributed by atoms with Crippen LogP contribution in [0.1, 0.15) is 32.6 Å². The van der Waals surface area contributed by atoms with Crippen LogP contribution in [0.2, 0.25) is 0 Å². The average molecular weight is 385 g/mol. The van der Waals surface area contributed by atoms with Gasteiger partial charge in [-0.1, -0.05) is 0 Å². The van der Waals surface area contributed by atoms with E-state index in [4.69, 9.17) is 15.2 Å². The number of hydrogen-bond donors (Lipinski definition) is 4. The van der Waals surface area contributed by atoms with Crippen molar-refractivity contribution in [2.75, 3.05) is 13.2 Å². The molecule has 7 unspecified atom stereocenters. The number of ether oxygens (including phenoxy) is 2. The predicted octanol–water partition coefficient (Wildman–Crippen LogP) is -0.631. The Bertz CT molecular complexity index is 596. The van der Waals surface area contributed by atoms with Crippen LogP contribution in [0.25, 0.3) is 0 Å². The van der Waals surface area contributed by atoms with Crippen LogP contribution in [0.3, 0.4) is 0 Å². The number of primary amides is 1. The molecule has 4 heterocycles. The van der Waals surface area contributed by atoms with Gasteiger partial charge in [0.2, 0.25) is 5.91 Å². The van der Waals surface area contributed by atoms with Gasteiger partial charge in [-0.25, -0.2) is 9.18 Å². The second-order valence-electron chi connectivity index (χ2n) is 7.86. The SMILES string of the molecule is C[C@@H]1CCCOC2NC(C(F)CC2C(N)=O)N2C(=O)NC3NCCC(O1)C32. The molecule has 4 fully saturated rings. The minimum absolute atomic E-state index is 0.00441. The Balaban J connectivity index is 1.66. The van der Waals surface area contributed by atoms with E-state index in [2.05, 4.69) is 16.0 Å². The van der Waals surface area contributed by atoms with E-state index in [9.17, 15) is 9.59 Å². The number of halogens is 1. The maximum atomic E-state index is 15.1. The van der Waals surface area contributed by atoms with Crippen molar-refractivity contribution in [3.63, 3.8) is 0 Å². The van der Waals surface area contributed by atoms with E-state index >= 15 is 4.39 Å². The number of urea groups is 1. The molecular weight excluding hydrogens is 357 g/mol. The summed E-state index contributed by atoms with van der Waals surface area (Å²) in [5.74, 6) is -1.37. The zero-order valence-electron chi connectivity index (χ0n) is 15.4. The van der Waals surface area contributed by atoms with Crippen molar-refractivity contribution >= 4 is 11.9 Å². The number of fused-ring (bicyclic) bond motifs is 3. The quantitative estimate of drug-likeness (QED) is 0.477. The zero-order valence-corrected chi connectivity index (χ0v) is 15.4. The third-order valence-corrected chi connectivity index (χ3v) is 6.00. The summed E-state index contributed by atoms with van der Waals surface area (Å²) in [5, 5.41) is 9.20. The van der Waals surface area contributed by atoms with Crippen LogP contribution in [-0.4, -0.2) is 73.0 Å². The van der Waals surface area contributed by atoms with Crippen LogP contribution in [0, 0.1) is 5.92 Å². The molecule has 2 bridgehead atoms. The second-order valence-corrected chi connectivity index (χ2v) is 7.86. The van der Waals surface area contributed by atoms with Gasteiger partial charge in [0.05, 0.1) is 24.2 Å². The molecule has 0 aromatic rings. The molecule has 10 heteroatoms. The molecule has 0 saturated carbocycles. The largest absolute Gasteiger partial charge is 0.373 e. The highest BCUT2D eigenvalue weighted by molar-refractivity contribution is 5.79. The molecule has 4 rings (SSSR count). The van der Waals surface area contributed by atoms with Crippen molar-refractivity contribution in [1.29, 1.82) is 0 Å². The zero-order chi connectivity index (χ0) is 19.1. The Morgan fingerprint density at radius 2 is 2.19 bits per heavy atom. The number of amides is 3. The van der Waals surface area contributed by atoms with Gasteiger partial charge in [0.15, 0.2) is 0 Å². The van der Waals surface area contributed by atoms with Gasteiger partial charge in [0.25, 0.3) is 0 Å². The van der Waals surface area contributed by atoms with E-state index in [0.717, 1.165) is 25.8 Å². The summed E-state index contributed by atoms with van der Waals surface area (Å²) in [6.45, 7) is 3.13. The van der Waals surface area contributed by atoms with Gasteiger partial charge in [-0.2, -0.15) is 0 Å². The Labute approximate surface area is 157 Å². The number of nitrogens with two attached hydrogens (primary N) is 1. The van der Waals surface area contributed by atoms with E-state index < -0.39 is 30.4 Å². The maximum Gasteiger partial charge on any atom is 0.320 e. The monoisotopic (exact) mass is 385 g/mol. The van der Waals surface area contributed by atoms with Gasteiger partial charge in [0.1, 0.15) is 24.7 Å². The smallest absolute Gasteiger partial charge is 0.320 e. The summed E-state index contributed by atoms with van der Waals surface area (Å²) < 4.78 is 27.1. The highest BCUT2D eigenvalue weighted by Crippen LogP contribution is 2.33. The number of nitrogens with zero attached hydrogens (tertiary/aromatic N) is 1. The van der Waals surface area contributed by atoms with Gasteiger partial charge in [0, 0.05) is 6.61 Å². The number of rotatable bonds is 1. The molecule has 0 aromatic carbocycles. The summed E-state index contributed by atoms with van der Waals surface area (Å²) in [5.41, 5.74) is 5.46. The summed E-state index contributed by atoms with van der Waals surface area (Å²) in [6, 6.07) is -0.691. The van der Waals surface area contributed by atoms with Gasteiger partial charge in [-0.15, -0.1) is 0 Å². The van der Waals surface area contributed by atoms with E-state index in [1.54, 1.807) is 0 Å². The van der Waals surface area contributed by atoms with E-state index in [-0.39, 0.29) is 36.9 Å². The van der Waals surface area contributed by atoms with Crippen molar-refractivity contribution in [1.82, 2.24) is 20.9 Å². The van der Waals surface area contributed by atoms with Crippen LogP contribution in [0.4, 0.5) is 9.18 Å². The molecule has 8 atom stereocenters. The fraction of sp³-hybridized carbons (Fsp3) is 0.882. The fourth-order valence-electron chi connectivity index (χ4n) is 4.68. The Morgan fingerprint density at radius 1 is 1.37 bits per heavy atom. The fourth-order valence-corrected chi connectivity index (χ4v) is 4.68.